The van der Waals surface area contributed by atoms with Crippen molar-refractivity contribution in [3.05, 3.63) is 17.5 Å². The first-order valence-electron chi connectivity index (χ1n) is 6.00. The Balaban J connectivity index is 2.24. The summed E-state index contributed by atoms with van der Waals surface area (Å²) in [6.07, 6.45) is 0.0793. The Kier molecular flexibility index (Phi) is 3.59. The second-order valence-electron chi connectivity index (χ2n) is 4.64. The first-order chi connectivity index (χ1) is 8.10. The minimum Gasteiger partial charge on any atom is -0.373 e. The van der Waals surface area contributed by atoms with Crippen LogP contribution in [0.1, 0.15) is 18.3 Å². The molecule has 1 aromatic rings. The van der Waals surface area contributed by atoms with Gasteiger partial charge < -0.3 is 15.4 Å². The predicted molar refractivity (Wildman–Crippen MR) is 67.1 cm³/mol. The van der Waals surface area contributed by atoms with Crippen molar-refractivity contribution in [2.24, 2.45) is 5.73 Å². The van der Waals surface area contributed by atoms with Crippen LogP contribution in [-0.2, 0) is 4.74 Å². The van der Waals surface area contributed by atoms with E-state index >= 15 is 0 Å². The third-order valence-corrected chi connectivity index (χ3v) is 3.00. The lowest BCUT2D eigenvalue weighted by Gasteiger charge is -2.37. The van der Waals surface area contributed by atoms with Crippen LogP contribution in [0.3, 0.4) is 0 Å². The lowest BCUT2D eigenvalue weighted by molar-refractivity contribution is 0.0276. The van der Waals surface area contributed by atoms with Gasteiger partial charge in [-0.2, -0.15) is 0 Å². The topological polar surface area (TPSA) is 64.3 Å². The molecule has 2 unspecified atom stereocenters. The second-order valence-corrected chi connectivity index (χ2v) is 4.64. The third-order valence-electron chi connectivity index (χ3n) is 3.00. The Morgan fingerprint density at radius 1 is 1.41 bits per heavy atom. The zero-order valence-corrected chi connectivity index (χ0v) is 10.7. The maximum atomic E-state index is 5.66. The smallest absolute Gasteiger partial charge is 0.226 e. The molecule has 5 heteroatoms. The highest BCUT2D eigenvalue weighted by atomic mass is 16.5. The Labute approximate surface area is 102 Å². The molecule has 1 saturated heterocycles. The van der Waals surface area contributed by atoms with Gasteiger partial charge in [-0.05, 0) is 26.8 Å². The minimum absolute atomic E-state index is 0.0793. The van der Waals surface area contributed by atoms with E-state index in [0.29, 0.717) is 19.2 Å². The Morgan fingerprint density at radius 2 is 2.06 bits per heavy atom. The van der Waals surface area contributed by atoms with Gasteiger partial charge in [0.2, 0.25) is 5.95 Å². The molecule has 94 valence electrons. The molecule has 0 radical (unpaired) electrons. The van der Waals surface area contributed by atoms with E-state index in [4.69, 9.17) is 10.5 Å². The molecule has 1 fully saturated rings. The molecule has 0 spiro atoms. The monoisotopic (exact) mass is 236 g/mol. The number of aromatic nitrogens is 2. The fourth-order valence-corrected chi connectivity index (χ4v) is 2.07. The molecule has 5 nitrogen and oxygen atoms in total. The Morgan fingerprint density at radius 3 is 2.65 bits per heavy atom. The van der Waals surface area contributed by atoms with Gasteiger partial charge >= 0.3 is 0 Å². The van der Waals surface area contributed by atoms with Crippen LogP contribution < -0.4 is 10.6 Å². The second kappa shape index (κ2) is 4.98. The number of aryl methyl sites for hydroxylation is 2. The summed E-state index contributed by atoms with van der Waals surface area (Å²) in [4.78, 5) is 11.2. The van der Waals surface area contributed by atoms with Gasteiger partial charge in [0.15, 0.2) is 0 Å². The van der Waals surface area contributed by atoms with Crippen LogP contribution in [0, 0.1) is 13.8 Å². The zero-order chi connectivity index (χ0) is 12.4. The van der Waals surface area contributed by atoms with Crippen LogP contribution >= 0.6 is 0 Å². The van der Waals surface area contributed by atoms with Crippen LogP contribution in [0.25, 0.3) is 0 Å². The molecule has 1 aromatic heterocycles. The van der Waals surface area contributed by atoms with Crippen molar-refractivity contribution >= 4 is 5.95 Å². The van der Waals surface area contributed by atoms with Crippen molar-refractivity contribution in [2.75, 3.05) is 24.6 Å². The van der Waals surface area contributed by atoms with Crippen molar-refractivity contribution < 1.29 is 4.74 Å². The standard InChI is InChI=1S/C12H20N4O/c1-8-4-9(2)15-12(14-8)16-6-11(5-13)17-7-10(16)3/h4,10-11H,5-7,13H2,1-3H3. The van der Waals surface area contributed by atoms with Gasteiger partial charge in [-0.15, -0.1) is 0 Å². The quantitative estimate of drug-likeness (QED) is 0.816. The van der Waals surface area contributed by atoms with Crippen LogP contribution in [0.15, 0.2) is 6.07 Å². The number of rotatable bonds is 2. The van der Waals surface area contributed by atoms with E-state index in [1.54, 1.807) is 0 Å². The summed E-state index contributed by atoms with van der Waals surface area (Å²) in [6, 6.07) is 2.27. The molecule has 2 rings (SSSR count). The van der Waals surface area contributed by atoms with Gasteiger partial charge in [-0.1, -0.05) is 0 Å². The molecule has 0 saturated carbocycles. The lowest BCUT2D eigenvalue weighted by atomic mass is 10.2. The molecule has 2 atom stereocenters. The van der Waals surface area contributed by atoms with Gasteiger partial charge in [0.05, 0.1) is 18.8 Å². The van der Waals surface area contributed by atoms with E-state index in [1.807, 2.05) is 19.9 Å². The van der Waals surface area contributed by atoms with Crippen molar-refractivity contribution in [3.8, 4) is 0 Å². The molecule has 1 aliphatic rings. The summed E-state index contributed by atoms with van der Waals surface area (Å²) < 4.78 is 5.63. The largest absolute Gasteiger partial charge is 0.373 e. The third kappa shape index (κ3) is 2.73. The molecule has 0 bridgehead atoms. The first kappa shape index (κ1) is 12.3. The highest BCUT2D eigenvalue weighted by molar-refractivity contribution is 5.34. The molecule has 1 aliphatic heterocycles. The zero-order valence-electron chi connectivity index (χ0n) is 10.7. The number of hydrogen-bond acceptors (Lipinski definition) is 5. The predicted octanol–water partition coefficient (Wildman–Crippen LogP) is 0.646. The van der Waals surface area contributed by atoms with Crippen molar-refractivity contribution in [1.29, 1.82) is 0 Å². The van der Waals surface area contributed by atoms with Gasteiger partial charge in [0.1, 0.15) is 0 Å². The van der Waals surface area contributed by atoms with Gasteiger partial charge in [0, 0.05) is 24.5 Å². The molecule has 0 aromatic carbocycles. The minimum atomic E-state index is 0.0793. The highest BCUT2D eigenvalue weighted by Gasteiger charge is 2.27. The van der Waals surface area contributed by atoms with E-state index in [9.17, 15) is 0 Å². The molecule has 2 N–H and O–H groups in total. The van der Waals surface area contributed by atoms with Crippen molar-refractivity contribution in [2.45, 2.75) is 32.9 Å². The average molecular weight is 236 g/mol. The fraction of sp³-hybridized carbons (Fsp3) is 0.667. The maximum Gasteiger partial charge on any atom is 0.226 e. The molecular weight excluding hydrogens is 216 g/mol. The number of nitrogens with zero attached hydrogens (tertiary/aromatic N) is 3. The van der Waals surface area contributed by atoms with E-state index < -0.39 is 0 Å². The Bertz CT molecular complexity index is 376. The normalized spacial score (nSPS) is 25.1. The van der Waals surface area contributed by atoms with Crippen LogP contribution in [-0.4, -0.2) is 41.8 Å². The molecular formula is C12H20N4O. The summed E-state index contributed by atoms with van der Waals surface area (Å²) in [6.45, 7) is 8.08. The average Bonchev–Trinajstić information content (AvgIpc) is 2.28. The summed E-state index contributed by atoms with van der Waals surface area (Å²) in [5, 5.41) is 0. The van der Waals surface area contributed by atoms with Gasteiger partial charge in [0.25, 0.3) is 0 Å². The van der Waals surface area contributed by atoms with E-state index in [2.05, 4.69) is 21.8 Å². The summed E-state index contributed by atoms with van der Waals surface area (Å²) in [5.41, 5.74) is 7.65. The van der Waals surface area contributed by atoms with Gasteiger partial charge in [-0.3, -0.25) is 0 Å². The number of anilines is 1. The number of nitrogens with two attached hydrogens (primary N) is 1. The van der Waals surface area contributed by atoms with Crippen LogP contribution in [0.5, 0.6) is 0 Å². The number of ether oxygens (including phenoxy) is 1. The molecule has 17 heavy (non-hydrogen) atoms. The van der Waals surface area contributed by atoms with Crippen LogP contribution in [0.2, 0.25) is 0 Å². The summed E-state index contributed by atoms with van der Waals surface area (Å²) in [7, 11) is 0. The van der Waals surface area contributed by atoms with Crippen LogP contribution in [0.4, 0.5) is 5.95 Å². The number of hydrogen-bond donors (Lipinski definition) is 1. The summed E-state index contributed by atoms with van der Waals surface area (Å²) >= 11 is 0. The maximum absolute atomic E-state index is 5.66. The van der Waals surface area contributed by atoms with E-state index in [1.165, 1.54) is 0 Å². The van der Waals surface area contributed by atoms with Gasteiger partial charge in [-0.25, -0.2) is 9.97 Å². The molecule has 2 heterocycles. The highest BCUT2D eigenvalue weighted by Crippen LogP contribution is 2.18. The number of morpholine rings is 1. The van der Waals surface area contributed by atoms with E-state index in [-0.39, 0.29) is 6.10 Å². The van der Waals surface area contributed by atoms with Crippen molar-refractivity contribution in [3.63, 3.8) is 0 Å². The first-order valence-corrected chi connectivity index (χ1v) is 6.00. The SMILES string of the molecule is Cc1cc(C)nc(N2CC(CN)OCC2C)n1. The molecule has 0 aliphatic carbocycles. The Hall–Kier alpha value is -1.20. The fourth-order valence-electron chi connectivity index (χ4n) is 2.07. The molecule has 0 amide bonds. The van der Waals surface area contributed by atoms with E-state index in [0.717, 1.165) is 23.9 Å². The lowest BCUT2D eigenvalue weighted by Crippen LogP contribution is -2.51. The summed E-state index contributed by atoms with van der Waals surface area (Å²) in [5.74, 6) is 0.789. The van der Waals surface area contributed by atoms with Crippen molar-refractivity contribution in [1.82, 2.24) is 9.97 Å².